The van der Waals surface area contributed by atoms with Crippen molar-refractivity contribution in [2.24, 2.45) is 5.92 Å². The zero-order valence-corrected chi connectivity index (χ0v) is 61.6. The topological polar surface area (TPSA) is 84.2 Å². The van der Waals surface area contributed by atoms with Gasteiger partial charge in [-0.2, -0.15) is 0 Å². The summed E-state index contributed by atoms with van der Waals surface area (Å²) in [4.78, 5) is 25.7. The van der Waals surface area contributed by atoms with Crippen molar-refractivity contribution in [3.05, 3.63) is 394 Å². The zero-order chi connectivity index (χ0) is 74.6. The molecular formula is C104H69N9. The normalized spacial score (nSPS) is 13.6. The van der Waals surface area contributed by atoms with Gasteiger partial charge in [-0.1, -0.05) is 262 Å². The lowest BCUT2D eigenvalue weighted by Crippen LogP contribution is -2.13. The molecule has 0 N–H and O–H groups in total. The molecule has 0 radical (unpaired) electrons. The van der Waals surface area contributed by atoms with E-state index in [4.69, 9.17) is 24.9 Å². The fourth-order valence-corrected chi connectivity index (χ4v) is 17.4. The van der Waals surface area contributed by atoms with E-state index in [-0.39, 0.29) is 11.8 Å². The van der Waals surface area contributed by atoms with E-state index in [2.05, 4.69) is 371 Å². The average Bonchev–Trinajstić information content (AvgIpc) is 1.58. The van der Waals surface area contributed by atoms with Gasteiger partial charge < -0.3 is 18.3 Å². The number of allylic oxidation sites excluding steroid dienone is 4. The monoisotopic (exact) mass is 1440 g/mol. The Labute approximate surface area is 652 Å². The van der Waals surface area contributed by atoms with Gasteiger partial charge in [0.2, 0.25) is 0 Å². The summed E-state index contributed by atoms with van der Waals surface area (Å²) in [5.41, 5.74) is 26.9. The third kappa shape index (κ3) is 11.2. The second-order valence-corrected chi connectivity index (χ2v) is 29.6. The van der Waals surface area contributed by atoms with E-state index in [1.54, 1.807) is 0 Å². The van der Waals surface area contributed by atoms with Crippen molar-refractivity contribution in [2.75, 3.05) is 0 Å². The summed E-state index contributed by atoms with van der Waals surface area (Å²) >= 11 is 0. The molecule has 9 heteroatoms. The smallest absolute Gasteiger partial charge is 0.163 e. The summed E-state index contributed by atoms with van der Waals surface area (Å²) in [6, 6.07) is 132. The Kier molecular flexibility index (Phi) is 15.4. The van der Waals surface area contributed by atoms with Crippen LogP contribution >= 0.6 is 0 Å². The van der Waals surface area contributed by atoms with Gasteiger partial charge in [0.25, 0.3) is 0 Å². The largest absolute Gasteiger partial charge is 0.309 e. The molecule has 1 aliphatic carbocycles. The Morgan fingerprint density at radius 2 is 0.496 bits per heavy atom. The van der Waals surface area contributed by atoms with Gasteiger partial charge in [0, 0.05) is 99.6 Å². The first-order valence-electron chi connectivity index (χ1n) is 38.6. The van der Waals surface area contributed by atoms with Crippen molar-refractivity contribution in [3.63, 3.8) is 0 Å². The third-order valence-corrected chi connectivity index (χ3v) is 22.9. The van der Waals surface area contributed by atoms with Crippen LogP contribution in [0.15, 0.2) is 388 Å². The Hall–Kier alpha value is -14.9. The highest BCUT2D eigenvalue weighted by Crippen LogP contribution is 2.44. The molecule has 22 rings (SSSR count). The van der Waals surface area contributed by atoms with E-state index >= 15 is 0 Å². The molecule has 0 aliphatic heterocycles. The maximum absolute atomic E-state index is 5.23. The van der Waals surface area contributed by atoms with Crippen molar-refractivity contribution >= 4 is 87.2 Å². The lowest BCUT2D eigenvalue weighted by Gasteiger charge is -2.20. The SMILES string of the molecule is CC1C=CC=CC1c1nc(-c2ccccc2)nc(-c2ccc(-n3c4ccccc4c4cc(-c5ccc6c7ccc(-c8ccc9c%10cc(-c%11ccc%12c(c%11)c%11ccccc%11n%12-c%11ccccc%11)ccc%10n(-c%10ccc(-c%11cc(-c%12ccccc%12)nc(-c%12ccccc%12)n%11)cc%10)c9c8)cc7n(-c7ccccc7)c6c5)ccc43)cc2)n1. The van der Waals surface area contributed by atoms with Crippen LogP contribution in [-0.2, 0) is 0 Å². The van der Waals surface area contributed by atoms with Crippen molar-refractivity contribution < 1.29 is 0 Å². The number of hydrogen-bond donors (Lipinski definition) is 0. The molecule has 113 heavy (non-hydrogen) atoms. The molecular weight excluding hydrogens is 1380 g/mol. The van der Waals surface area contributed by atoms with Crippen LogP contribution in [0.5, 0.6) is 0 Å². The van der Waals surface area contributed by atoms with E-state index in [0.29, 0.717) is 17.5 Å². The summed E-state index contributed by atoms with van der Waals surface area (Å²) in [6.07, 6.45) is 8.62. The summed E-state index contributed by atoms with van der Waals surface area (Å²) in [7, 11) is 0. The molecule has 2 unspecified atom stereocenters. The first kappa shape index (κ1) is 65.2. The fourth-order valence-electron chi connectivity index (χ4n) is 17.4. The third-order valence-electron chi connectivity index (χ3n) is 22.9. The van der Waals surface area contributed by atoms with Gasteiger partial charge in [0.1, 0.15) is 5.82 Å². The van der Waals surface area contributed by atoms with Crippen LogP contribution in [0.3, 0.4) is 0 Å². The van der Waals surface area contributed by atoms with Crippen LogP contribution in [0.4, 0.5) is 0 Å². The second kappa shape index (κ2) is 26.7. The summed E-state index contributed by atoms with van der Waals surface area (Å²) < 4.78 is 9.66. The zero-order valence-electron chi connectivity index (χ0n) is 61.6. The molecule has 6 aromatic heterocycles. The van der Waals surface area contributed by atoms with Crippen LogP contribution in [0, 0.1) is 5.92 Å². The number of nitrogens with zero attached hydrogens (tertiary/aromatic N) is 9. The average molecular weight is 1440 g/mol. The van der Waals surface area contributed by atoms with Crippen LogP contribution < -0.4 is 0 Å². The molecule has 530 valence electrons. The molecule has 0 bridgehead atoms. The minimum absolute atomic E-state index is 0.0429. The van der Waals surface area contributed by atoms with E-state index in [1.807, 2.05) is 42.5 Å². The van der Waals surface area contributed by atoms with Crippen LogP contribution in [0.2, 0.25) is 0 Å². The predicted octanol–water partition coefficient (Wildman–Crippen LogP) is 26.2. The number of benzene rings is 15. The molecule has 0 saturated carbocycles. The van der Waals surface area contributed by atoms with E-state index in [1.165, 1.54) is 54.1 Å². The first-order valence-corrected chi connectivity index (χ1v) is 38.6. The number of rotatable bonds is 13. The van der Waals surface area contributed by atoms with Gasteiger partial charge >= 0.3 is 0 Å². The van der Waals surface area contributed by atoms with Crippen LogP contribution in [0.25, 0.3) is 200 Å². The Bertz CT molecular complexity index is 7340. The van der Waals surface area contributed by atoms with Gasteiger partial charge in [0.05, 0.1) is 55.5 Å². The van der Waals surface area contributed by atoms with Crippen molar-refractivity contribution in [3.8, 4) is 113 Å². The quantitative estimate of drug-likeness (QED) is 0.115. The lowest BCUT2D eigenvalue weighted by atomic mass is 9.89. The summed E-state index contributed by atoms with van der Waals surface area (Å²) in [5.74, 6) is 3.08. The van der Waals surface area contributed by atoms with E-state index < -0.39 is 0 Å². The Morgan fingerprint density at radius 3 is 0.938 bits per heavy atom. The highest BCUT2D eigenvalue weighted by atomic mass is 15.0. The lowest BCUT2D eigenvalue weighted by molar-refractivity contribution is 0.600. The minimum Gasteiger partial charge on any atom is -0.309 e. The number of para-hydroxylation sites is 4. The Balaban J connectivity index is 0.651. The van der Waals surface area contributed by atoms with Crippen molar-refractivity contribution in [1.29, 1.82) is 0 Å². The fraction of sp³-hybridized carbons (Fsp3) is 0.0288. The van der Waals surface area contributed by atoms with E-state index in [0.717, 1.165) is 134 Å². The maximum atomic E-state index is 5.23. The van der Waals surface area contributed by atoms with E-state index in [9.17, 15) is 0 Å². The number of aromatic nitrogens is 9. The second-order valence-electron chi connectivity index (χ2n) is 29.6. The van der Waals surface area contributed by atoms with Crippen molar-refractivity contribution in [2.45, 2.75) is 12.8 Å². The highest BCUT2D eigenvalue weighted by Gasteiger charge is 2.25. The number of hydrogen-bond acceptors (Lipinski definition) is 5. The predicted molar refractivity (Wildman–Crippen MR) is 466 cm³/mol. The summed E-state index contributed by atoms with van der Waals surface area (Å²) in [5, 5.41) is 9.53. The molecule has 0 fully saturated rings. The van der Waals surface area contributed by atoms with Gasteiger partial charge in [0.15, 0.2) is 17.5 Å². The van der Waals surface area contributed by atoms with Crippen molar-refractivity contribution in [1.82, 2.24) is 43.2 Å². The molecule has 6 heterocycles. The summed E-state index contributed by atoms with van der Waals surface area (Å²) in [6.45, 7) is 2.22. The van der Waals surface area contributed by atoms with Gasteiger partial charge in [-0.05, 0) is 173 Å². The molecule has 15 aromatic carbocycles. The highest BCUT2D eigenvalue weighted by molar-refractivity contribution is 6.16. The molecule has 2 atom stereocenters. The van der Waals surface area contributed by atoms with Crippen LogP contribution in [0.1, 0.15) is 18.7 Å². The van der Waals surface area contributed by atoms with Gasteiger partial charge in [-0.15, -0.1) is 0 Å². The minimum atomic E-state index is 0.0429. The number of fused-ring (bicyclic) bond motifs is 12. The van der Waals surface area contributed by atoms with Gasteiger partial charge in [-0.3, -0.25) is 0 Å². The standard InChI is InChI=1S/C104H69N9/c1-66-23-17-18-34-82(66)104-108-102(70-28-11-4-12-29-70)107-103(109-104)71-41-51-80(52-42-71)111-94-38-22-20-36-84(94)89-61-74(48-57-96(89)111)75-43-53-85-86-54-44-76(63-99(86)113(98(85)62-75)79-32-15-6-16-33-79)77-45-55-87-90-60-73(72-46-56-95-88(59-72)83-35-19-21-37-93(83)110(95)78-30-13-5-14-31-78)47-58-97(90)112(100(87)64-77)81-49-39-68(40-50-81)92-65-91(67-24-7-2-8-25-67)105-101(106-92)69-26-9-3-10-27-69/h2-66,82H,1H3. The molecule has 21 aromatic rings. The van der Waals surface area contributed by atoms with Crippen LogP contribution in [-0.4, -0.2) is 43.2 Å². The maximum Gasteiger partial charge on any atom is 0.163 e. The molecule has 1 aliphatic rings. The molecule has 0 saturated heterocycles. The Morgan fingerprint density at radius 1 is 0.204 bits per heavy atom. The first-order chi connectivity index (χ1) is 55.9. The molecule has 0 amide bonds. The molecule has 0 spiro atoms. The van der Waals surface area contributed by atoms with Gasteiger partial charge in [-0.25, -0.2) is 24.9 Å². The molecule has 9 nitrogen and oxygen atoms in total.